The maximum Gasteiger partial charge on any atom is 0.336 e. The van der Waals surface area contributed by atoms with Crippen molar-refractivity contribution in [2.75, 3.05) is 13.7 Å². The Morgan fingerprint density at radius 2 is 1.82 bits per heavy atom. The van der Waals surface area contributed by atoms with Crippen molar-refractivity contribution in [1.82, 2.24) is 5.32 Å². The molecule has 3 rings (SSSR count). The zero-order valence-corrected chi connectivity index (χ0v) is 15.2. The van der Waals surface area contributed by atoms with E-state index in [1.807, 2.05) is 30.3 Å². The van der Waals surface area contributed by atoms with E-state index in [9.17, 15) is 14.4 Å². The second-order valence-corrected chi connectivity index (χ2v) is 6.05. The van der Waals surface area contributed by atoms with Gasteiger partial charge in [0.25, 0.3) is 5.91 Å². The number of amides is 1. The first-order chi connectivity index (χ1) is 13.5. The fourth-order valence-corrected chi connectivity index (χ4v) is 2.70. The van der Waals surface area contributed by atoms with Crippen molar-refractivity contribution in [2.24, 2.45) is 0 Å². The molecule has 0 aliphatic rings. The molecule has 7 heteroatoms. The van der Waals surface area contributed by atoms with Gasteiger partial charge in [-0.1, -0.05) is 30.3 Å². The summed E-state index contributed by atoms with van der Waals surface area (Å²) in [5.74, 6) is -0.437. The predicted molar refractivity (Wildman–Crippen MR) is 102 cm³/mol. The van der Waals surface area contributed by atoms with Gasteiger partial charge in [-0.2, -0.15) is 0 Å². The van der Waals surface area contributed by atoms with Crippen LogP contribution < -0.4 is 15.7 Å². The van der Waals surface area contributed by atoms with Crippen LogP contribution in [-0.4, -0.2) is 25.6 Å². The first-order valence-electron chi connectivity index (χ1n) is 8.63. The van der Waals surface area contributed by atoms with Gasteiger partial charge >= 0.3 is 11.6 Å². The Balaban J connectivity index is 1.65. The molecular formula is C21H19NO6. The lowest BCUT2D eigenvalue weighted by molar-refractivity contribution is -0.141. The van der Waals surface area contributed by atoms with Gasteiger partial charge in [-0.15, -0.1) is 0 Å². The molecule has 1 atom stereocenters. The number of rotatable bonds is 7. The topological polar surface area (TPSA) is 94.8 Å². The van der Waals surface area contributed by atoms with Crippen molar-refractivity contribution in [3.63, 3.8) is 0 Å². The SMILES string of the molecule is COC(=O)C[C@H](NC(=O)COc1ccc2ccc(=O)oc2c1)c1ccccc1. The molecule has 0 saturated heterocycles. The van der Waals surface area contributed by atoms with Crippen molar-refractivity contribution in [3.05, 3.63) is 76.6 Å². The van der Waals surface area contributed by atoms with E-state index in [1.54, 1.807) is 24.3 Å². The van der Waals surface area contributed by atoms with Crippen molar-refractivity contribution >= 4 is 22.8 Å². The Bertz CT molecular complexity index is 1030. The molecule has 0 bridgehead atoms. The highest BCUT2D eigenvalue weighted by Crippen LogP contribution is 2.20. The first kappa shape index (κ1) is 19.2. The van der Waals surface area contributed by atoms with Crippen LogP contribution in [0.15, 0.2) is 69.9 Å². The lowest BCUT2D eigenvalue weighted by Crippen LogP contribution is -2.34. The van der Waals surface area contributed by atoms with Gasteiger partial charge in [-0.05, 0) is 23.8 Å². The number of ether oxygens (including phenoxy) is 2. The molecular weight excluding hydrogens is 362 g/mol. The summed E-state index contributed by atoms with van der Waals surface area (Å²) in [5, 5.41) is 3.53. The Hall–Kier alpha value is -3.61. The van der Waals surface area contributed by atoms with Crippen LogP contribution in [0, 0.1) is 0 Å². The number of methoxy groups -OCH3 is 1. The molecule has 1 N–H and O–H groups in total. The molecule has 2 aromatic carbocycles. The molecule has 1 aromatic heterocycles. The van der Waals surface area contributed by atoms with Gasteiger partial charge in [0, 0.05) is 17.5 Å². The van der Waals surface area contributed by atoms with E-state index in [0.717, 1.165) is 10.9 Å². The standard InChI is InChI=1S/C21H19NO6/c1-26-21(25)12-17(14-5-3-2-4-6-14)22-19(23)13-27-16-9-7-15-8-10-20(24)28-18(15)11-16/h2-11,17H,12-13H2,1H3,(H,22,23)/t17-/m0/s1. The molecule has 0 aliphatic carbocycles. The molecule has 0 aliphatic heterocycles. The van der Waals surface area contributed by atoms with E-state index in [4.69, 9.17) is 13.9 Å². The van der Waals surface area contributed by atoms with Crippen molar-refractivity contribution < 1.29 is 23.5 Å². The van der Waals surface area contributed by atoms with E-state index in [1.165, 1.54) is 13.2 Å². The first-order valence-corrected chi connectivity index (χ1v) is 8.63. The third-order valence-electron chi connectivity index (χ3n) is 4.10. The zero-order valence-electron chi connectivity index (χ0n) is 15.2. The average Bonchev–Trinajstić information content (AvgIpc) is 2.72. The van der Waals surface area contributed by atoms with E-state index in [2.05, 4.69) is 5.32 Å². The molecule has 0 radical (unpaired) electrons. The molecule has 28 heavy (non-hydrogen) atoms. The minimum absolute atomic E-state index is 0.00733. The zero-order chi connectivity index (χ0) is 19.9. The molecule has 0 fully saturated rings. The highest BCUT2D eigenvalue weighted by atomic mass is 16.5. The van der Waals surface area contributed by atoms with Crippen molar-refractivity contribution in [2.45, 2.75) is 12.5 Å². The summed E-state index contributed by atoms with van der Waals surface area (Å²) in [5.41, 5.74) is 0.697. The highest BCUT2D eigenvalue weighted by molar-refractivity contribution is 5.80. The monoisotopic (exact) mass is 381 g/mol. The summed E-state index contributed by atoms with van der Waals surface area (Å²) < 4.78 is 15.3. The molecule has 0 spiro atoms. The number of nitrogens with one attached hydrogen (secondary N) is 1. The van der Waals surface area contributed by atoms with Crippen LogP contribution in [-0.2, 0) is 14.3 Å². The Morgan fingerprint density at radius 3 is 2.57 bits per heavy atom. The minimum atomic E-state index is -0.528. The van der Waals surface area contributed by atoms with Crippen LogP contribution >= 0.6 is 0 Å². The summed E-state index contributed by atoms with van der Waals surface area (Å²) >= 11 is 0. The Labute approximate surface area is 160 Å². The Kier molecular flexibility index (Phi) is 6.06. The molecule has 0 unspecified atom stereocenters. The quantitative estimate of drug-likeness (QED) is 0.499. The molecule has 144 valence electrons. The number of carbonyl (C=O) groups excluding carboxylic acids is 2. The van der Waals surface area contributed by atoms with Crippen LogP contribution in [0.3, 0.4) is 0 Å². The predicted octanol–water partition coefficient (Wildman–Crippen LogP) is 2.59. The smallest absolute Gasteiger partial charge is 0.336 e. The maximum absolute atomic E-state index is 12.3. The van der Waals surface area contributed by atoms with Crippen LogP contribution in [0.4, 0.5) is 0 Å². The third kappa shape index (κ3) is 4.97. The van der Waals surface area contributed by atoms with Gasteiger partial charge in [0.05, 0.1) is 19.6 Å². The number of hydrogen-bond acceptors (Lipinski definition) is 6. The third-order valence-corrected chi connectivity index (χ3v) is 4.10. The Morgan fingerprint density at radius 1 is 1.07 bits per heavy atom. The largest absolute Gasteiger partial charge is 0.484 e. The summed E-state index contributed by atoms with van der Waals surface area (Å²) in [6.07, 6.45) is 0.00733. The number of hydrogen-bond donors (Lipinski definition) is 1. The number of esters is 1. The van der Waals surface area contributed by atoms with Gasteiger partial charge in [0.1, 0.15) is 11.3 Å². The minimum Gasteiger partial charge on any atom is -0.484 e. The van der Waals surface area contributed by atoms with E-state index < -0.39 is 23.5 Å². The van der Waals surface area contributed by atoms with Crippen LogP contribution in [0.25, 0.3) is 11.0 Å². The van der Waals surface area contributed by atoms with Crippen molar-refractivity contribution in [3.8, 4) is 5.75 Å². The highest BCUT2D eigenvalue weighted by Gasteiger charge is 2.19. The van der Waals surface area contributed by atoms with E-state index >= 15 is 0 Å². The molecule has 3 aromatic rings. The number of benzene rings is 2. The van der Waals surface area contributed by atoms with Gasteiger partial charge in [0.15, 0.2) is 6.61 Å². The summed E-state index contributed by atoms with van der Waals surface area (Å²) in [6, 6.07) is 16.6. The number of carbonyl (C=O) groups is 2. The van der Waals surface area contributed by atoms with E-state index in [0.29, 0.717) is 11.3 Å². The fraction of sp³-hybridized carbons (Fsp3) is 0.190. The summed E-state index contributed by atoms with van der Waals surface area (Å²) in [6.45, 7) is -0.257. The molecule has 7 nitrogen and oxygen atoms in total. The summed E-state index contributed by atoms with van der Waals surface area (Å²) in [7, 11) is 1.30. The van der Waals surface area contributed by atoms with Gasteiger partial charge < -0.3 is 19.2 Å². The van der Waals surface area contributed by atoms with Gasteiger partial charge in [-0.25, -0.2) is 4.79 Å². The van der Waals surface area contributed by atoms with Gasteiger partial charge in [0.2, 0.25) is 0 Å². The van der Waals surface area contributed by atoms with Gasteiger partial charge in [-0.3, -0.25) is 9.59 Å². The van der Waals surface area contributed by atoms with Crippen LogP contribution in [0.1, 0.15) is 18.0 Å². The normalized spacial score (nSPS) is 11.6. The van der Waals surface area contributed by atoms with E-state index in [-0.39, 0.29) is 13.0 Å². The van der Waals surface area contributed by atoms with Crippen molar-refractivity contribution in [1.29, 1.82) is 0 Å². The number of fused-ring (bicyclic) bond motifs is 1. The molecule has 1 amide bonds. The summed E-state index contributed by atoms with van der Waals surface area (Å²) in [4.78, 5) is 35.3. The molecule has 1 heterocycles. The lowest BCUT2D eigenvalue weighted by atomic mass is 10.0. The molecule has 0 saturated carbocycles. The van der Waals surface area contributed by atoms with Crippen LogP contribution in [0.5, 0.6) is 5.75 Å². The second kappa shape index (κ2) is 8.85. The lowest BCUT2D eigenvalue weighted by Gasteiger charge is -2.18. The fourth-order valence-electron chi connectivity index (χ4n) is 2.70. The van der Waals surface area contributed by atoms with Crippen LogP contribution in [0.2, 0.25) is 0 Å². The average molecular weight is 381 g/mol. The maximum atomic E-state index is 12.3. The second-order valence-electron chi connectivity index (χ2n) is 6.05.